The van der Waals surface area contributed by atoms with Gasteiger partial charge in [-0.25, -0.2) is 0 Å². The van der Waals surface area contributed by atoms with E-state index in [9.17, 15) is 4.79 Å². The number of carbonyl (C=O) groups excluding carboxylic acids is 1. The van der Waals surface area contributed by atoms with Crippen molar-refractivity contribution in [2.75, 3.05) is 19.6 Å². The van der Waals surface area contributed by atoms with Crippen LogP contribution in [0.25, 0.3) is 0 Å². The van der Waals surface area contributed by atoms with E-state index in [2.05, 4.69) is 17.1 Å². The molecule has 0 radical (unpaired) electrons. The molecule has 1 amide bonds. The maximum atomic E-state index is 12.6. The van der Waals surface area contributed by atoms with E-state index in [0.717, 1.165) is 37.9 Å². The molecule has 1 N–H and O–H groups in total. The third kappa shape index (κ3) is 1.99. The molecule has 0 aromatic rings. The Labute approximate surface area is 104 Å². The van der Waals surface area contributed by atoms with Gasteiger partial charge in [0, 0.05) is 25.6 Å². The van der Waals surface area contributed by atoms with Crippen LogP contribution >= 0.6 is 0 Å². The molecule has 2 saturated carbocycles. The Balaban J connectivity index is 1.63. The van der Waals surface area contributed by atoms with E-state index in [1.165, 1.54) is 25.7 Å². The Bertz CT molecular complexity index is 289. The monoisotopic (exact) mass is 236 g/mol. The molecule has 3 heteroatoms. The molecule has 3 fully saturated rings. The lowest BCUT2D eigenvalue weighted by Crippen LogP contribution is -2.59. The molecule has 2 atom stereocenters. The second kappa shape index (κ2) is 4.60. The van der Waals surface area contributed by atoms with Crippen molar-refractivity contribution in [2.45, 2.75) is 45.1 Å². The van der Waals surface area contributed by atoms with Crippen LogP contribution in [0.1, 0.15) is 39.0 Å². The molecule has 0 bridgehead atoms. The second-order valence-corrected chi connectivity index (χ2v) is 5.98. The molecule has 17 heavy (non-hydrogen) atoms. The summed E-state index contributed by atoms with van der Waals surface area (Å²) in [6.45, 7) is 5.15. The van der Waals surface area contributed by atoms with Crippen LogP contribution in [-0.2, 0) is 4.79 Å². The maximum Gasteiger partial charge on any atom is 0.226 e. The summed E-state index contributed by atoms with van der Waals surface area (Å²) in [7, 11) is 0. The summed E-state index contributed by atoms with van der Waals surface area (Å²) >= 11 is 0. The average molecular weight is 236 g/mol. The van der Waals surface area contributed by atoms with Crippen LogP contribution in [0, 0.1) is 17.8 Å². The predicted molar refractivity (Wildman–Crippen MR) is 67.6 cm³/mol. The molecule has 96 valence electrons. The molecule has 2 aliphatic carbocycles. The molecular formula is C14H24N2O. The van der Waals surface area contributed by atoms with Gasteiger partial charge in [0.2, 0.25) is 5.91 Å². The molecular weight excluding hydrogens is 212 g/mol. The second-order valence-electron chi connectivity index (χ2n) is 5.98. The van der Waals surface area contributed by atoms with Gasteiger partial charge in [-0.2, -0.15) is 0 Å². The quantitative estimate of drug-likeness (QED) is 0.804. The Morgan fingerprint density at radius 1 is 1.24 bits per heavy atom. The number of nitrogens with zero attached hydrogens (tertiary/aromatic N) is 1. The van der Waals surface area contributed by atoms with Gasteiger partial charge in [0.15, 0.2) is 0 Å². The third-order valence-corrected chi connectivity index (χ3v) is 4.89. The summed E-state index contributed by atoms with van der Waals surface area (Å²) in [5, 5.41) is 3.28. The van der Waals surface area contributed by atoms with Crippen molar-refractivity contribution in [3.63, 3.8) is 0 Å². The van der Waals surface area contributed by atoms with Crippen LogP contribution in [0.5, 0.6) is 0 Å². The molecule has 3 nitrogen and oxygen atoms in total. The van der Waals surface area contributed by atoms with Crippen LogP contribution in [0.15, 0.2) is 0 Å². The van der Waals surface area contributed by atoms with E-state index in [-0.39, 0.29) is 0 Å². The smallest absolute Gasteiger partial charge is 0.226 e. The molecule has 1 heterocycles. The largest absolute Gasteiger partial charge is 0.337 e. The van der Waals surface area contributed by atoms with Crippen LogP contribution in [-0.4, -0.2) is 36.5 Å². The van der Waals surface area contributed by atoms with Crippen LogP contribution in [0.3, 0.4) is 0 Å². The van der Waals surface area contributed by atoms with E-state index in [0.29, 0.717) is 17.9 Å². The number of fused-ring (bicyclic) bond motifs is 1. The number of carbonyl (C=O) groups is 1. The lowest BCUT2D eigenvalue weighted by molar-refractivity contribution is -0.136. The number of rotatable bonds is 4. The Kier molecular flexibility index (Phi) is 3.12. The fourth-order valence-corrected chi connectivity index (χ4v) is 3.76. The summed E-state index contributed by atoms with van der Waals surface area (Å²) in [5.74, 6) is 2.40. The number of hydrogen-bond acceptors (Lipinski definition) is 2. The average Bonchev–Trinajstić information content (AvgIpc) is 2.99. The van der Waals surface area contributed by atoms with Gasteiger partial charge in [0.05, 0.1) is 6.04 Å². The molecule has 3 rings (SSSR count). The van der Waals surface area contributed by atoms with Crippen molar-refractivity contribution in [1.29, 1.82) is 0 Å². The third-order valence-electron chi connectivity index (χ3n) is 4.89. The zero-order valence-corrected chi connectivity index (χ0v) is 10.8. The first-order chi connectivity index (χ1) is 8.33. The fraction of sp³-hybridized carbons (Fsp3) is 0.929. The normalized spacial score (nSPS) is 35.9. The first-order valence-electron chi connectivity index (χ1n) is 7.34. The van der Waals surface area contributed by atoms with Crippen molar-refractivity contribution < 1.29 is 4.79 Å². The predicted octanol–water partition coefficient (Wildman–Crippen LogP) is 1.63. The zero-order valence-electron chi connectivity index (χ0n) is 10.8. The number of nitrogens with one attached hydrogen (secondary N) is 1. The minimum Gasteiger partial charge on any atom is -0.337 e. The standard InChI is InChI=1S/C14H24N2O/c1-2-7-16(10-8-15-9-10)14(17)13-11-5-3-4-6-12(11)13/h10-13,15H,2-9H2,1H3. The van der Waals surface area contributed by atoms with E-state index in [1.54, 1.807) is 0 Å². The summed E-state index contributed by atoms with van der Waals surface area (Å²) < 4.78 is 0. The number of hydrogen-bond donors (Lipinski definition) is 1. The fourth-order valence-electron chi connectivity index (χ4n) is 3.76. The lowest BCUT2D eigenvalue weighted by atomic mass is 10.0. The van der Waals surface area contributed by atoms with Crippen molar-refractivity contribution in [3.8, 4) is 0 Å². The molecule has 3 aliphatic rings. The van der Waals surface area contributed by atoms with Crippen LogP contribution in [0.4, 0.5) is 0 Å². The first-order valence-corrected chi connectivity index (χ1v) is 7.34. The lowest BCUT2D eigenvalue weighted by Gasteiger charge is -2.38. The number of amides is 1. The van der Waals surface area contributed by atoms with Crippen molar-refractivity contribution in [2.24, 2.45) is 17.8 Å². The van der Waals surface area contributed by atoms with Gasteiger partial charge in [-0.15, -0.1) is 0 Å². The summed E-state index contributed by atoms with van der Waals surface area (Å²) in [6.07, 6.45) is 6.41. The van der Waals surface area contributed by atoms with Gasteiger partial charge in [0.1, 0.15) is 0 Å². The summed E-state index contributed by atoms with van der Waals surface area (Å²) in [4.78, 5) is 14.8. The van der Waals surface area contributed by atoms with Crippen LogP contribution in [0.2, 0.25) is 0 Å². The molecule has 2 unspecified atom stereocenters. The highest BCUT2D eigenvalue weighted by atomic mass is 16.2. The summed E-state index contributed by atoms with van der Waals surface area (Å²) in [5.41, 5.74) is 0. The van der Waals surface area contributed by atoms with E-state index in [1.807, 2.05) is 0 Å². The highest BCUT2D eigenvalue weighted by Crippen LogP contribution is 2.56. The Hall–Kier alpha value is -0.570. The van der Waals surface area contributed by atoms with Gasteiger partial charge in [-0.05, 0) is 31.1 Å². The molecule has 0 spiro atoms. The minimum absolute atomic E-state index is 0.407. The van der Waals surface area contributed by atoms with E-state index >= 15 is 0 Å². The van der Waals surface area contributed by atoms with Crippen molar-refractivity contribution >= 4 is 5.91 Å². The highest BCUT2D eigenvalue weighted by molar-refractivity contribution is 5.83. The Morgan fingerprint density at radius 2 is 1.88 bits per heavy atom. The van der Waals surface area contributed by atoms with Gasteiger partial charge in [-0.3, -0.25) is 4.79 Å². The molecule has 0 aromatic heterocycles. The molecule has 1 aliphatic heterocycles. The van der Waals surface area contributed by atoms with E-state index < -0.39 is 0 Å². The first kappa shape index (κ1) is 11.5. The van der Waals surface area contributed by atoms with Gasteiger partial charge in [0.25, 0.3) is 0 Å². The minimum atomic E-state index is 0.407. The SMILES string of the molecule is CCCN(C(=O)C1C2CCCCC21)C1CNC1. The van der Waals surface area contributed by atoms with Gasteiger partial charge >= 0.3 is 0 Å². The summed E-state index contributed by atoms with van der Waals surface area (Å²) in [6, 6.07) is 0.491. The maximum absolute atomic E-state index is 12.6. The Morgan fingerprint density at radius 3 is 2.35 bits per heavy atom. The molecule has 0 aromatic carbocycles. The van der Waals surface area contributed by atoms with Crippen molar-refractivity contribution in [3.05, 3.63) is 0 Å². The van der Waals surface area contributed by atoms with Gasteiger partial charge in [-0.1, -0.05) is 19.8 Å². The van der Waals surface area contributed by atoms with Gasteiger partial charge < -0.3 is 10.2 Å². The highest BCUT2D eigenvalue weighted by Gasteiger charge is 2.56. The van der Waals surface area contributed by atoms with E-state index in [4.69, 9.17) is 0 Å². The zero-order chi connectivity index (χ0) is 11.8. The van der Waals surface area contributed by atoms with Crippen LogP contribution < -0.4 is 5.32 Å². The van der Waals surface area contributed by atoms with Crippen molar-refractivity contribution in [1.82, 2.24) is 10.2 Å². The molecule has 1 saturated heterocycles. The topological polar surface area (TPSA) is 32.3 Å².